The van der Waals surface area contributed by atoms with Crippen molar-refractivity contribution in [3.05, 3.63) is 35.9 Å². The number of benzene rings is 1. The molecule has 0 heterocycles. The van der Waals surface area contributed by atoms with Gasteiger partial charge in [-0.05, 0) is 18.4 Å². The summed E-state index contributed by atoms with van der Waals surface area (Å²) in [5, 5.41) is 2.91. The lowest BCUT2D eigenvalue weighted by atomic mass is 10.0. The van der Waals surface area contributed by atoms with E-state index >= 15 is 0 Å². The molecule has 0 radical (unpaired) electrons. The highest BCUT2D eigenvalue weighted by atomic mass is 16.2. The normalized spacial score (nSPS) is 14.6. The summed E-state index contributed by atoms with van der Waals surface area (Å²) < 4.78 is 0. The van der Waals surface area contributed by atoms with Crippen LogP contribution in [0.5, 0.6) is 0 Å². The first-order valence-electron chi connectivity index (χ1n) is 5.63. The monoisotopic (exact) mass is 220 g/mol. The van der Waals surface area contributed by atoms with Crippen LogP contribution in [-0.2, 0) is 4.79 Å². The highest BCUT2D eigenvalue weighted by Gasteiger charge is 2.19. The highest BCUT2D eigenvalue weighted by Crippen LogP contribution is 2.11. The smallest absolute Gasteiger partial charge is 0.237 e. The second kappa shape index (κ2) is 5.66. The van der Waals surface area contributed by atoms with E-state index in [-0.39, 0.29) is 17.9 Å². The summed E-state index contributed by atoms with van der Waals surface area (Å²) in [7, 11) is 0. The maximum Gasteiger partial charge on any atom is 0.237 e. The van der Waals surface area contributed by atoms with Crippen molar-refractivity contribution in [3.8, 4) is 0 Å². The van der Waals surface area contributed by atoms with E-state index in [9.17, 15) is 4.79 Å². The van der Waals surface area contributed by atoms with Gasteiger partial charge < -0.3 is 11.1 Å². The SMILES string of the molecule is CC(C)[C@@H](N)C(=O)N[C@H](C)c1ccccc1. The topological polar surface area (TPSA) is 55.1 Å². The van der Waals surface area contributed by atoms with Crippen molar-refractivity contribution < 1.29 is 4.79 Å². The van der Waals surface area contributed by atoms with Gasteiger partial charge in [0.05, 0.1) is 12.1 Å². The Morgan fingerprint density at radius 1 is 1.19 bits per heavy atom. The number of nitrogens with two attached hydrogens (primary N) is 1. The lowest BCUT2D eigenvalue weighted by Crippen LogP contribution is -2.44. The van der Waals surface area contributed by atoms with Gasteiger partial charge in [0, 0.05) is 0 Å². The van der Waals surface area contributed by atoms with E-state index in [1.807, 2.05) is 51.1 Å². The van der Waals surface area contributed by atoms with Crippen molar-refractivity contribution in [1.82, 2.24) is 5.32 Å². The molecule has 0 aliphatic heterocycles. The number of nitrogens with one attached hydrogen (secondary N) is 1. The van der Waals surface area contributed by atoms with Crippen LogP contribution < -0.4 is 11.1 Å². The van der Waals surface area contributed by atoms with Gasteiger partial charge in [0.25, 0.3) is 0 Å². The summed E-state index contributed by atoms with van der Waals surface area (Å²) in [5.74, 6) is 0.0642. The van der Waals surface area contributed by atoms with Gasteiger partial charge >= 0.3 is 0 Å². The number of hydrogen-bond donors (Lipinski definition) is 2. The maximum atomic E-state index is 11.7. The van der Waals surface area contributed by atoms with Gasteiger partial charge in [-0.3, -0.25) is 4.79 Å². The summed E-state index contributed by atoms with van der Waals surface area (Å²) >= 11 is 0. The molecule has 1 amide bonds. The molecule has 3 N–H and O–H groups in total. The summed E-state index contributed by atoms with van der Waals surface area (Å²) in [5.41, 5.74) is 6.86. The summed E-state index contributed by atoms with van der Waals surface area (Å²) in [6.45, 7) is 5.84. The van der Waals surface area contributed by atoms with Gasteiger partial charge in [0.2, 0.25) is 5.91 Å². The van der Waals surface area contributed by atoms with E-state index in [1.54, 1.807) is 0 Å². The van der Waals surface area contributed by atoms with Crippen LogP contribution in [-0.4, -0.2) is 11.9 Å². The molecule has 16 heavy (non-hydrogen) atoms. The van der Waals surface area contributed by atoms with E-state index < -0.39 is 6.04 Å². The Hall–Kier alpha value is -1.35. The summed E-state index contributed by atoms with van der Waals surface area (Å²) in [6, 6.07) is 9.42. The van der Waals surface area contributed by atoms with Gasteiger partial charge in [0.15, 0.2) is 0 Å². The fourth-order valence-corrected chi connectivity index (χ4v) is 1.44. The highest BCUT2D eigenvalue weighted by molar-refractivity contribution is 5.82. The second-order valence-electron chi connectivity index (χ2n) is 4.41. The Bertz CT molecular complexity index is 335. The Balaban J connectivity index is 2.58. The van der Waals surface area contributed by atoms with Gasteiger partial charge in [0.1, 0.15) is 0 Å². The summed E-state index contributed by atoms with van der Waals surface area (Å²) in [6.07, 6.45) is 0. The molecular weight excluding hydrogens is 200 g/mol. The van der Waals surface area contributed by atoms with Gasteiger partial charge in [-0.1, -0.05) is 44.2 Å². The van der Waals surface area contributed by atoms with Gasteiger partial charge in [-0.2, -0.15) is 0 Å². The van der Waals surface area contributed by atoms with Crippen LogP contribution in [0.25, 0.3) is 0 Å². The third kappa shape index (κ3) is 3.35. The predicted molar refractivity (Wildman–Crippen MR) is 65.8 cm³/mol. The maximum absolute atomic E-state index is 11.7. The molecule has 0 fully saturated rings. The second-order valence-corrected chi connectivity index (χ2v) is 4.41. The van der Waals surface area contributed by atoms with Crippen LogP contribution in [0, 0.1) is 5.92 Å². The van der Waals surface area contributed by atoms with Crippen LogP contribution in [0.15, 0.2) is 30.3 Å². The van der Waals surface area contributed by atoms with Crippen molar-refractivity contribution in [1.29, 1.82) is 0 Å². The zero-order chi connectivity index (χ0) is 12.1. The molecule has 0 spiro atoms. The molecule has 1 aromatic rings. The number of amides is 1. The molecule has 2 atom stereocenters. The molecule has 0 unspecified atom stereocenters. The number of rotatable bonds is 4. The van der Waals surface area contributed by atoms with E-state index in [0.29, 0.717) is 0 Å². The Labute approximate surface area is 97.0 Å². The van der Waals surface area contributed by atoms with Gasteiger partial charge in [-0.25, -0.2) is 0 Å². The standard InChI is InChI=1S/C13H20N2O/c1-9(2)12(14)13(16)15-10(3)11-7-5-4-6-8-11/h4-10,12H,14H2,1-3H3,(H,15,16)/t10-,12-/m1/s1. The predicted octanol–water partition coefficient (Wildman–Crippen LogP) is 1.85. The molecule has 1 rings (SSSR count). The minimum Gasteiger partial charge on any atom is -0.348 e. The molecule has 0 saturated heterocycles. The first-order chi connectivity index (χ1) is 7.52. The van der Waals surface area contributed by atoms with Gasteiger partial charge in [-0.15, -0.1) is 0 Å². The van der Waals surface area contributed by atoms with Crippen LogP contribution in [0.2, 0.25) is 0 Å². The largest absolute Gasteiger partial charge is 0.348 e. The summed E-state index contributed by atoms with van der Waals surface area (Å²) in [4.78, 5) is 11.7. The number of hydrogen-bond acceptors (Lipinski definition) is 2. The minimum atomic E-state index is -0.439. The van der Waals surface area contributed by atoms with Crippen LogP contribution in [0.3, 0.4) is 0 Å². The first-order valence-corrected chi connectivity index (χ1v) is 5.63. The lowest BCUT2D eigenvalue weighted by molar-refractivity contribution is -0.123. The molecular formula is C13H20N2O. The molecule has 3 heteroatoms. The van der Waals surface area contributed by atoms with Crippen molar-refractivity contribution in [2.45, 2.75) is 32.9 Å². The molecule has 3 nitrogen and oxygen atoms in total. The molecule has 0 aliphatic rings. The van der Waals surface area contributed by atoms with Crippen LogP contribution in [0.1, 0.15) is 32.4 Å². The zero-order valence-corrected chi connectivity index (χ0v) is 10.1. The van der Waals surface area contributed by atoms with Crippen LogP contribution in [0.4, 0.5) is 0 Å². The van der Waals surface area contributed by atoms with E-state index in [4.69, 9.17) is 5.73 Å². The number of carbonyl (C=O) groups excluding carboxylic acids is 1. The van der Waals surface area contributed by atoms with E-state index in [0.717, 1.165) is 5.56 Å². The lowest BCUT2D eigenvalue weighted by Gasteiger charge is -2.19. The molecule has 0 saturated carbocycles. The third-order valence-corrected chi connectivity index (χ3v) is 2.68. The molecule has 0 aliphatic carbocycles. The average Bonchev–Trinajstić information content (AvgIpc) is 2.28. The average molecular weight is 220 g/mol. The van der Waals surface area contributed by atoms with Crippen molar-refractivity contribution >= 4 is 5.91 Å². The van der Waals surface area contributed by atoms with E-state index in [2.05, 4.69) is 5.32 Å². The van der Waals surface area contributed by atoms with Crippen LogP contribution >= 0.6 is 0 Å². The van der Waals surface area contributed by atoms with Crippen molar-refractivity contribution in [3.63, 3.8) is 0 Å². The minimum absolute atomic E-state index is 0.00139. The Morgan fingerprint density at radius 3 is 2.25 bits per heavy atom. The fraction of sp³-hybridized carbons (Fsp3) is 0.462. The molecule has 0 bridgehead atoms. The number of carbonyl (C=O) groups is 1. The molecule has 0 aromatic heterocycles. The van der Waals surface area contributed by atoms with E-state index in [1.165, 1.54) is 0 Å². The Kier molecular flexibility index (Phi) is 4.50. The third-order valence-electron chi connectivity index (χ3n) is 2.68. The van der Waals surface area contributed by atoms with Crippen molar-refractivity contribution in [2.24, 2.45) is 11.7 Å². The molecule has 88 valence electrons. The zero-order valence-electron chi connectivity index (χ0n) is 10.1. The first kappa shape index (κ1) is 12.7. The fourth-order valence-electron chi connectivity index (χ4n) is 1.44. The molecule has 1 aromatic carbocycles. The quantitative estimate of drug-likeness (QED) is 0.813. The van der Waals surface area contributed by atoms with Crippen molar-refractivity contribution in [2.75, 3.05) is 0 Å². The Morgan fingerprint density at radius 2 is 1.75 bits per heavy atom.